The van der Waals surface area contributed by atoms with E-state index in [0.29, 0.717) is 0 Å². The van der Waals surface area contributed by atoms with Crippen LogP contribution >= 0.6 is 0 Å². The van der Waals surface area contributed by atoms with Crippen LogP contribution in [-0.2, 0) is 0 Å². The maximum absolute atomic E-state index is 13.7. The Kier molecular flexibility index (Phi) is 4.00. The third kappa shape index (κ3) is 3.44. The smallest absolute Gasteiger partial charge is 0.316 e. The molecule has 0 spiro atoms. The summed E-state index contributed by atoms with van der Waals surface area (Å²) in [5.74, 6) is 1.38. The number of nitrogens with one attached hydrogen (secondary N) is 2. The van der Waals surface area contributed by atoms with Crippen LogP contribution in [0.1, 0.15) is 24.4 Å². The summed E-state index contributed by atoms with van der Waals surface area (Å²) < 4.78 is 26.9. The number of urea groups is 1. The number of terminal acetylenes is 1. The van der Waals surface area contributed by atoms with Crippen LogP contribution < -0.4 is 10.6 Å². The van der Waals surface area contributed by atoms with Crippen LogP contribution in [0.2, 0.25) is 0 Å². The van der Waals surface area contributed by atoms with Crippen LogP contribution in [0.15, 0.2) is 18.2 Å². The summed E-state index contributed by atoms with van der Waals surface area (Å²) in [4.78, 5) is 11.6. The fourth-order valence-corrected chi connectivity index (χ4v) is 1.96. The second-order valence-corrected chi connectivity index (χ2v) is 4.51. The summed E-state index contributed by atoms with van der Waals surface area (Å²) in [7, 11) is 0. The summed E-state index contributed by atoms with van der Waals surface area (Å²) in [6.45, 7) is 0.0921. The van der Waals surface area contributed by atoms with Gasteiger partial charge in [0.05, 0.1) is 12.6 Å². The van der Waals surface area contributed by atoms with Gasteiger partial charge in [0.2, 0.25) is 0 Å². The standard InChI is InChI=1S/C14H14F2N2O/c1-2-7-17-14(19)18-13(9-3-4-9)11-8-10(15)5-6-12(11)16/h1,5-6,8-9,13H,3-4,7H2,(H2,17,18,19)/t13-/m0/s1. The summed E-state index contributed by atoms with van der Waals surface area (Å²) >= 11 is 0. The molecule has 100 valence electrons. The minimum atomic E-state index is -0.520. The van der Waals surface area contributed by atoms with Crippen LogP contribution in [0.5, 0.6) is 0 Å². The van der Waals surface area contributed by atoms with Crippen molar-refractivity contribution in [2.45, 2.75) is 18.9 Å². The first-order valence-corrected chi connectivity index (χ1v) is 6.04. The molecule has 2 rings (SSSR count). The van der Waals surface area contributed by atoms with E-state index in [-0.39, 0.29) is 18.0 Å². The Morgan fingerprint density at radius 2 is 2.21 bits per heavy atom. The Bertz CT molecular complexity index is 521. The Morgan fingerprint density at radius 3 is 2.84 bits per heavy atom. The molecule has 2 N–H and O–H groups in total. The molecule has 1 saturated carbocycles. The molecule has 1 aliphatic rings. The molecular formula is C14H14F2N2O. The van der Waals surface area contributed by atoms with Gasteiger partial charge in [-0.1, -0.05) is 5.92 Å². The van der Waals surface area contributed by atoms with Gasteiger partial charge in [0, 0.05) is 5.56 Å². The van der Waals surface area contributed by atoms with Gasteiger partial charge in [-0.15, -0.1) is 6.42 Å². The molecule has 1 atom stereocenters. The molecule has 3 nitrogen and oxygen atoms in total. The molecule has 0 aromatic heterocycles. The van der Waals surface area contributed by atoms with Gasteiger partial charge in [-0.05, 0) is 37.0 Å². The van der Waals surface area contributed by atoms with Gasteiger partial charge in [-0.3, -0.25) is 0 Å². The van der Waals surface area contributed by atoms with E-state index in [1.165, 1.54) is 0 Å². The number of benzene rings is 1. The first-order chi connectivity index (χ1) is 9.11. The van der Waals surface area contributed by atoms with Gasteiger partial charge < -0.3 is 10.6 Å². The van der Waals surface area contributed by atoms with E-state index in [1.54, 1.807) is 0 Å². The fraction of sp³-hybridized carbons (Fsp3) is 0.357. The molecule has 2 amide bonds. The topological polar surface area (TPSA) is 41.1 Å². The summed E-state index contributed by atoms with van der Waals surface area (Å²) in [6, 6.07) is 2.26. The van der Waals surface area contributed by atoms with Gasteiger partial charge >= 0.3 is 6.03 Å². The highest BCUT2D eigenvalue weighted by Gasteiger charge is 2.35. The van der Waals surface area contributed by atoms with Crippen molar-refractivity contribution in [2.75, 3.05) is 6.54 Å². The number of hydrogen-bond acceptors (Lipinski definition) is 1. The van der Waals surface area contributed by atoms with E-state index in [0.717, 1.165) is 31.0 Å². The largest absolute Gasteiger partial charge is 0.331 e. The quantitative estimate of drug-likeness (QED) is 0.805. The molecule has 19 heavy (non-hydrogen) atoms. The first kappa shape index (κ1) is 13.3. The first-order valence-electron chi connectivity index (χ1n) is 6.04. The van der Waals surface area contributed by atoms with Crippen molar-refractivity contribution in [3.8, 4) is 12.3 Å². The number of rotatable bonds is 4. The van der Waals surface area contributed by atoms with Crippen molar-refractivity contribution < 1.29 is 13.6 Å². The van der Waals surface area contributed by atoms with Crippen molar-refractivity contribution in [3.63, 3.8) is 0 Å². The Labute approximate surface area is 110 Å². The van der Waals surface area contributed by atoms with Crippen LogP contribution in [0.4, 0.5) is 13.6 Å². The summed E-state index contributed by atoms with van der Waals surface area (Å²) in [5, 5.41) is 5.09. The maximum atomic E-state index is 13.7. The molecule has 0 unspecified atom stereocenters. The Hall–Kier alpha value is -2.09. The van der Waals surface area contributed by atoms with Crippen molar-refractivity contribution in [3.05, 3.63) is 35.4 Å². The van der Waals surface area contributed by atoms with E-state index >= 15 is 0 Å². The highest BCUT2D eigenvalue weighted by Crippen LogP contribution is 2.41. The van der Waals surface area contributed by atoms with Crippen molar-refractivity contribution in [1.82, 2.24) is 10.6 Å². The molecule has 1 aromatic carbocycles. The van der Waals surface area contributed by atoms with Crippen LogP contribution in [-0.4, -0.2) is 12.6 Å². The Morgan fingerprint density at radius 1 is 1.47 bits per heavy atom. The average Bonchev–Trinajstić information content (AvgIpc) is 3.21. The van der Waals surface area contributed by atoms with Gasteiger partial charge in [0.1, 0.15) is 11.6 Å². The van der Waals surface area contributed by atoms with E-state index in [9.17, 15) is 13.6 Å². The molecule has 0 aliphatic heterocycles. The number of halogens is 2. The van der Waals surface area contributed by atoms with Gasteiger partial charge in [0.15, 0.2) is 0 Å². The van der Waals surface area contributed by atoms with Crippen LogP contribution in [0, 0.1) is 29.9 Å². The SMILES string of the molecule is C#CCNC(=O)N[C@H](c1cc(F)ccc1F)C1CC1. The predicted octanol–water partition coefficient (Wildman–Crippen LogP) is 2.35. The number of hydrogen-bond donors (Lipinski definition) is 2. The lowest BCUT2D eigenvalue weighted by Gasteiger charge is -2.19. The third-order valence-corrected chi connectivity index (χ3v) is 3.02. The van der Waals surface area contributed by atoms with Crippen LogP contribution in [0.25, 0.3) is 0 Å². The minimum absolute atomic E-state index is 0.0921. The maximum Gasteiger partial charge on any atom is 0.316 e. The summed E-state index contributed by atoms with van der Waals surface area (Å²) in [5.41, 5.74) is 0.179. The minimum Gasteiger partial charge on any atom is -0.331 e. The fourth-order valence-electron chi connectivity index (χ4n) is 1.96. The van der Waals surface area contributed by atoms with Gasteiger partial charge in [0.25, 0.3) is 0 Å². The van der Waals surface area contributed by atoms with Crippen molar-refractivity contribution in [1.29, 1.82) is 0 Å². The number of carbonyl (C=O) groups is 1. The zero-order valence-corrected chi connectivity index (χ0v) is 10.2. The van der Waals surface area contributed by atoms with Gasteiger partial charge in [-0.25, -0.2) is 13.6 Å². The lowest BCUT2D eigenvalue weighted by Crippen LogP contribution is -2.39. The molecule has 1 fully saturated rings. The highest BCUT2D eigenvalue weighted by molar-refractivity contribution is 5.74. The third-order valence-electron chi connectivity index (χ3n) is 3.02. The zero-order valence-electron chi connectivity index (χ0n) is 10.2. The van der Waals surface area contributed by atoms with Crippen molar-refractivity contribution >= 4 is 6.03 Å². The lowest BCUT2D eigenvalue weighted by molar-refractivity contribution is 0.236. The molecule has 5 heteroatoms. The number of carbonyl (C=O) groups excluding carboxylic acids is 1. The Balaban J connectivity index is 2.14. The van der Waals surface area contributed by atoms with Gasteiger partial charge in [-0.2, -0.15) is 0 Å². The molecule has 0 radical (unpaired) electrons. The second kappa shape index (κ2) is 5.70. The highest BCUT2D eigenvalue weighted by atomic mass is 19.1. The second-order valence-electron chi connectivity index (χ2n) is 4.51. The molecule has 0 bridgehead atoms. The normalized spacial score (nSPS) is 15.4. The van der Waals surface area contributed by atoms with E-state index < -0.39 is 23.7 Å². The number of amides is 2. The molecule has 0 saturated heterocycles. The van der Waals surface area contributed by atoms with Crippen molar-refractivity contribution in [2.24, 2.45) is 5.92 Å². The molecular weight excluding hydrogens is 250 g/mol. The molecule has 1 aliphatic carbocycles. The van der Waals surface area contributed by atoms with Crippen LogP contribution in [0.3, 0.4) is 0 Å². The molecule has 0 heterocycles. The zero-order chi connectivity index (χ0) is 13.8. The average molecular weight is 264 g/mol. The monoisotopic (exact) mass is 264 g/mol. The van der Waals surface area contributed by atoms with E-state index in [1.807, 2.05) is 0 Å². The van der Waals surface area contributed by atoms with E-state index in [4.69, 9.17) is 6.42 Å². The lowest BCUT2D eigenvalue weighted by atomic mass is 10.0. The predicted molar refractivity (Wildman–Crippen MR) is 67.2 cm³/mol. The summed E-state index contributed by atoms with van der Waals surface area (Å²) in [6.07, 6.45) is 6.80. The van der Waals surface area contributed by atoms with E-state index in [2.05, 4.69) is 16.6 Å². The molecule has 1 aromatic rings.